The monoisotopic (exact) mass is 432 g/mol. The van der Waals surface area contributed by atoms with Gasteiger partial charge in [0.1, 0.15) is 29.3 Å². The molecule has 3 aromatic rings. The SMILES string of the molecule is N#Cc1c(-c2ccc(NC(=O)C(O)CCC(=O)O)cc2)cc(-c2ccccc2O)nc1N. The fourth-order valence-electron chi connectivity index (χ4n) is 3.09. The number of nitriles is 1. The molecule has 0 aliphatic carbocycles. The maximum atomic E-state index is 12.0. The largest absolute Gasteiger partial charge is 0.507 e. The number of amides is 1. The molecule has 9 nitrogen and oxygen atoms in total. The van der Waals surface area contributed by atoms with E-state index in [-0.39, 0.29) is 30.0 Å². The average Bonchev–Trinajstić information content (AvgIpc) is 2.77. The molecule has 0 radical (unpaired) electrons. The molecule has 2 aromatic carbocycles. The number of hydrogen-bond donors (Lipinski definition) is 5. The Morgan fingerprint density at radius 1 is 1.12 bits per heavy atom. The zero-order chi connectivity index (χ0) is 23.3. The molecule has 0 saturated carbocycles. The second-order valence-electron chi connectivity index (χ2n) is 6.96. The van der Waals surface area contributed by atoms with Gasteiger partial charge in [0.15, 0.2) is 0 Å². The minimum absolute atomic E-state index is 0.0159. The number of nitrogen functional groups attached to an aromatic ring is 1. The van der Waals surface area contributed by atoms with E-state index in [0.717, 1.165) is 0 Å². The maximum absolute atomic E-state index is 12.0. The van der Waals surface area contributed by atoms with Gasteiger partial charge >= 0.3 is 5.97 Å². The zero-order valence-corrected chi connectivity index (χ0v) is 16.8. The lowest BCUT2D eigenvalue weighted by Gasteiger charge is -2.13. The summed E-state index contributed by atoms with van der Waals surface area (Å²) in [6.45, 7) is 0. The number of carboxylic acids is 1. The second-order valence-corrected chi connectivity index (χ2v) is 6.96. The first-order chi connectivity index (χ1) is 15.3. The molecular formula is C23H20N4O5. The molecule has 0 saturated heterocycles. The third kappa shape index (κ3) is 5.00. The van der Waals surface area contributed by atoms with Gasteiger partial charge in [0.25, 0.3) is 5.91 Å². The average molecular weight is 432 g/mol. The van der Waals surface area contributed by atoms with Crippen molar-refractivity contribution >= 4 is 23.4 Å². The van der Waals surface area contributed by atoms with Crippen molar-refractivity contribution in [1.82, 2.24) is 4.98 Å². The number of aliphatic carboxylic acids is 1. The predicted molar refractivity (Wildman–Crippen MR) is 117 cm³/mol. The Kier molecular flexibility index (Phi) is 6.68. The zero-order valence-electron chi connectivity index (χ0n) is 16.8. The van der Waals surface area contributed by atoms with Crippen LogP contribution < -0.4 is 11.1 Å². The highest BCUT2D eigenvalue weighted by Crippen LogP contribution is 2.34. The van der Waals surface area contributed by atoms with Crippen molar-refractivity contribution < 1.29 is 24.9 Å². The molecule has 6 N–H and O–H groups in total. The molecule has 1 unspecified atom stereocenters. The van der Waals surface area contributed by atoms with E-state index in [2.05, 4.69) is 10.3 Å². The number of aliphatic hydroxyl groups is 1. The van der Waals surface area contributed by atoms with E-state index in [1.165, 1.54) is 6.07 Å². The number of pyridine rings is 1. The summed E-state index contributed by atoms with van der Waals surface area (Å²) in [5, 5.41) is 40.6. The van der Waals surface area contributed by atoms with E-state index in [1.54, 1.807) is 48.5 Å². The number of aromatic nitrogens is 1. The number of phenols is 1. The van der Waals surface area contributed by atoms with E-state index in [1.807, 2.05) is 6.07 Å². The van der Waals surface area contributed by atoms with Gasteiger partial charge in [-0.2, -0.15) is 5.26 Å². The lowest BCUT2D eigenvalue weighted by Crippen LogP contribution is -2.28. The summed E-state index contributed by atoms with van der Waals surface area (Å²) in [6, 6.07) is 16.8. The molecule has 162 valence electrons. The van der Waals surface area contributed by atoms with E-state index >= 15 is 0 Å². The van der Waals surface area contributed by atoms with Crippen LogP contribution in [-0.2, 0) is 9.59 Å². The highest BCUT2D eigenvalue weighted by Gasteiger charge is 2.18. The number of nitrogens with two attached hydrogens (primary N) is 1. The number of nitrogens with zero attached hydrogens (tertiary/aromatic N) is 2. The lowest BCUT2D eigenvalue weighted by atomic mass is 9.98. The Balaban J connectivity index is 1.88. The van der Waals surface area contributed by atoms with Crippen molar-refractivity contribution in [3.63, 3.8) is 0 Å². The van der Waals surface area contributed by atoms with Crippen LogP contribution in [-0.4, -0.2) is 38.3 Å². The first kappa shape index (κ1) is 22.3. The minimum Gasteiger partial charge on any atom is -0.507 e. The number of carbonyl (C=O) groups is 2. The summed E-state index contributed by atoms with van der Waals surface area (Å²) in [5.74, 6) is -1.78. The molecule has 0 aliphatic rings. The Bertz CT molecular complexity index is 1200. The molecule has 1 heterocycles. The summed E-state index contributed by atoms with van der Waals surface area (Å²) in [7, 11) is 0. The topological polar surface area (TPSA) is 170 Å². The van der Waals surface area contributed by atoms with Crippen molar-refractivity contribution in [3.05, 3.63) is 60.2 Å². The Hall–Kier alpha value is -4.42. The molecule has 0 aliphatic heterocycles. The predicted octanol–water partition coefficient (Wildman–Crippen LogP) is 2.74. The van der Waals surface area contributed by atoms with Gasteiger partial charge < -0.3 is 26.4 Å². The fourth-order valence-corrected chi connectivity index (χ4v) is 3.09. The molecule has 0 bridgehead atoms. The van der Waals surface area contributed by atoms with Gasteiger partial charge in [-0.3, -0.25) is 9.59 Å². The molecule has 1 atom stereocenters. The van der Waals surface area contributed by atoms with Crippen molar-refractivity contribution in [3.8, 4) is 34.2 Å². The molecular weight excluding hydrogens is 412 g/mol. The molecule has 32 heavy (non-hydrogen) atoms. The highest BCUT2D eigenvalue weighted by molar-refractivity contribution is 5.94. The standard InChI is InChI=1S/C23H20N4O5/c24-12-17-16(11-18(27-22(17)25)15-3-1-2-4-19(15)28)13-5-7-14(8-6-13)26-23(32)20(29)9-10-21(30)31/h1-8,11,20,28-29H,9-10H2,(H2,25,27)(H,26,32)(H,30,31). The third-order valence-corrected chi connectivity index (χ3v) is 4.74. The summed E-state index contributed by atoms with van der Waals surface area (Å²) in [5.41, 5.74) is 8.53. The first-order valence-corrected chi connectivity index (χ1v) is 9.60. The van der Waals surface area contributed by atoms with Gasteiger partial charge in [-0.1, -0.05) is 24.3 Å². The van der Waals surface area contributed by atoms with Gasteiger partial charge in [-0.05, 0) is 42.3 Å². The van der Waals surface area contributed by atoms with Crippen LogP contribution in [0.3, 0.4) is 0 Å². The van der Waals surface area contributed by atoms with Crippen LogP contribution in [0.15, 0.2) is 54.6 Å². The molecule has 1 amide bonds. The second kappa shape index (κ2) is 9.59. The number of para-hydroxylation sites is 1. The van der Waals surface area contributed by atoms with Gasteiger partial charge in [0, 0.05) is 23.2 Å². The Labute approximate surface area is 183 Å². The normalized spacial score (nSPS) is 11.4. The number of anilines is 2. The van der Waals surface area contributed by atoms with Crippen LogP contribution in [0.1, 0.15) is 18.4 Å². The quantitative estimate of drug-likeness (QED) is 0.379. The number of phenolic OH excluding ortho intramolecular Hbond substituents is 1. The number of aromatic hydroxyl groups is 1. The van der Waals surface area contributed by atoms with Crippen LogP contribution in [0.2, 0.25) is 0 Å². The van der Waals surface area contributed by atoms with Crippen LogP contribution in [0.25, 0.3) is 22.4 Å². The van der Waals surface area contributed by atoms with Crippen LogP contribution >= 0.6 is 0 Å². The molecule has 0 fully saturated rings. The van der Waals surface area contributed by atoms with Crippen molar-refractivity contribution in [2.75, 3.05) is 11.1 Å². The van der Waals surface area contributed by atoms with Gasteiger partial charge in [-0.15, -0.1) is 0 Å². The molecule has 3 rings (SSSR count). The summed E-state index contributed by atoms with van der Waals surface area (Å²) >= 11 is 0. The smallest absolute Gasteiger partial charge is 0.303 e. The van der Waals surface area contributed by atoms with Crippen LogP contribution in [0.4, 0.5) is 11.5 Å². The number of carbonyl (C=O) groups excluding carboxylic acids is 1. The number of hydrogen-bond acceptors (Lipinski definition) is 7. The molecule has 9 heteroatoms. The van der Waals surface area contributed by atoms with E-state index in [4.69, 9.17) is 10.8 Å². The van der Waals surface area contributed by atoms with E-state index in [9.17, 15) is 25.1 Å². The number of nitrogens with one attached hydrogen (secondary N) is 1. The maximum Gasteiger partial charge on any atom is 0.303 e. The van der Waals surface area contributed by atoms with Crippen molar-refractivity contribution in [1.29, 1.82) is 5.26 Å². The van der Waals surface area contributed by atoms with E-state index in [0.29, 0.717) is 28.1 Å². The Morgan fingerprint density at radius 3 is 2.44 bits per heavy atom. The first-order valence-electron chi connectivity index (χ1n) is 9.60. The third-order valence-electron chi connectivity index (χ3n) is 4.74. The van der Waals surface area contributed by atoms with Crippen molar-refractivity contribution in [2.24, 2.45) is 0 Å². The van der Waals surface area contributed by atoms with Crippen LogP contribution in [0.5, 0.6) is 5.75 Å². The fraction of sp³-hybridized carbons (Fsp3) is 0.130. The number of aliphatic hydroxyl groups excluding tert-OH is 1. The van der Waals surface area contributed by atoms with Gasteiger partial charge in [0.05, 0.1) is 5.69 Å². The summed E-state index contributed by atoms with van der Waals surface area (Å²) in [4.78, 5) is 26.8. The minimum atomic E-state index is -1.45. The summed E-state index contributed by atoms with van der Waals surface area (Å²) < 4.78 is 0. The van der Waals surface area contributed by atoms with E-state index < -0.39 is 18.0 Å². The van der Waals surface area contributed by atoms with Gasteiger partial charge in [0.2, 0.25) is 0 Å². The number of benzene rings is 2. The van der Waals surface area contributed by atoms with Gasteiger partial charge in [-0.25, -0.2) is 4.98 Å². The lowest BCUT2D eigenvalue weighted by molar-refractivity contribution is -0.138. The number of carboxylic acid groups (broad SMARTS) is 1. The van der Waals surface area contributed by atoms with Crippen molar-refractivity contribution in [2.45, 2.75) is 18.9 Å². The number of rotatable bonds is 7. The Morgan fingerprint density at radius 2 is 1.81 bits per heavy atom. The highest BCUT2D eigenvalue weighted by atomic mass is 16.4. The van der Waals surface area contributed by atoms with Crippen LogP contribution in [0, 0.1) is 11.3 Å². The molecule has 1 aromatic heterocycles. The summed E-state index contributed by atoms with van der Waals surface area (Å²) in [6.07, 6.45) is -1.97. The molecule has 0 spiro atoms.